The fourth-order valence-corrected chi connectivity index (χ4v) is 5.01. The third-order valence-corrected chi connectivity index (χ3v) is 6.73. The fraction of sp³-hybridized carbons (Fsp3) is 0.609. The Labute approximate surface area is 184 Å². The van der Waals surface area contributed by atoms with Crippen molar-refractivity contribution < 1.29 is 14.0 Å². The highest BCUT2D eigenvalue weighted by molar-refractivity contribution is 5.90. The predicted octanol–water partition coefficient (Wildman–Crippen LogP) is 2.91. The maximum Gasteiger partial charge on any atom is 0.337 e. The largest absolute Gasteiger partial charge is 0.403 e. The zero-order valence-corrected chi connectivity index (χ0v) is 18.3. The summed E-state index contributed by atoms with van der Waals surface area (Å²) < 4.78 is 5.18. The van der Waals surface area contributed by atoms with Crippen LogP contribution in [0, 0.1) is 5.92 Å². The second-order valence-corrected chi connectivity index (χ2v) is 9.16. The minimum atomic E-state index is -0.538. The minimum absolute atomic E-state index is 0.0344. The van der Waals surface area contributed by atoms with Crippen molar-refractivity contribution in [3.05, 3.63) is 32.4 Å². The van der Waals surface area contributed by atoms with E-state index < -0.39 is 11.2 Å². The van der Waals surface area contributed by atoms with Crippen LogP contribution < -0.4 is 16.0 Å². The molecule has 3 fully saturated rings. The van der Waals surface area contributed by atoms with Gasteiger partial charge in [-0.3, -0.25) is 14.6 Å². The molecule has 2 bridgehead atoms. The first-order valence-electron chi connectivity index (χ1n) is 11.7. The summed E-state index contributed by atoms with van der Waals surface area (Å²) in [5.41, 5.74) is 0.511. The van der Waals surface area contributed by atoms with Crippen LogP contribution >= 0.6 is 0 Å². The monoisotopic (exact) mass is 440 g/mol. The molecule has 4 heterocycles. The van der Waals surface area contributed by atoms with Gasteiger partial charge in [-0.25, -0.2) is 4.79 Å². The van der Waals surface area contributed by atoms with Gasteiger partial charge in [0.1, 0.15) is 5.39 Å². The summed E-state index contributed by atoms with van der Waals surface area (Å²) >= 11 is 0. The van der Waals surface area contributed by atoms with Crippen LogP contribution in [0.4, 0.5) is 0 Å². The smallest absolute Gasteiger partial charge is 0.337 e. The first-order valence-corrected chi connectivity index (χ1v) is 11.7. The number of carbonyl (C=O) groups excluding carboxylic acids is 1. The Morgan fingerprint density at radius 1 is 1.22 bits per heavy atom. The number of fused-ring (bicyclic) bond motifs is 3. The maximum absolute atomic E-state index is 12.7. The molecule has 0 spiro atoms. The third-order valence-electron chi connectivity index (χ3n) is 6.73. The quantitative estimate of drug-likeness (QED) is 0.522. The van der Waals surface area contributed by atoms with E-state index in [1.807, 2.05) is 0 Å². The number of rotatable bonds is 7. The van der Waals surface area contributed by atoms with E-state index in [2.05, 4.69) is 26.9 Å². The minimum Gasteiger partial charge on any atom is -0.403 e. The molecular formula is C23H28N4O5. The SMILES string of the molecule is CCCCCc1cc(=O)oc2nc(ON=C3CC4CCC(C3)N4C(=O)C3CC3)[nH]c(=O)c12. The van der Waals surface area contributed by atoms with E-state index in [0.717, 1.165) is 50.7 Å². The highest BCUT2D eigenvalue weighted by Gasteiger charge is 2.46. The number of nitrogens with zero attached hydrogens (tertiary/aromatic N) is 3. The Morgan fingerprint density at radius 3 is 2.66 bits per heavy atom. The molecule has 32 heavy (non-hydrogen) atoms. The third kappa shape index (κ3) is 4.08. The molecule has 5 rings (SSSR count). The molecule has 1 amide bonds. The lowest BCUT2D eigenvalue weighted by Crippen LogP contribution is -2.47. The van der Waals surface area contributed by atoms with Crippen LogP contribution in [0.2, 0.25) is 0 Å². The first-order chi connectivity index (χ1) is 15.5. The predicted molar refractivity (Wildman–Crippen MR) is 118 cm³/mol. The molecule has 1 aliphatic carbocycles. The first kappa shape index (κ1) is 20.9. The molecule has 2 aromatic rings. The van der Waals surface area contributed by atoms with E-state index >= 15 is 0 Å². The number of hydrogen-bond donors (Lipinski definition) is 1. The second kappa shape index (κ2) is 8.52. The van der Waals surface area contributed by atoms with Gasteiger partial charge in [0, 0.05) is 36.9 Å². The number of aromatic amines is 1. The van der Waals surface area contributed by atoms with Gasteiger partial charge >= 0.3 is 11.6 Å². The van der Waals surface area contributed by atoms with Gasteiger partial charge in [0.25, 0.3) is 5.56 Å². The highest BCUT2D eigenvalue weighted by atomic mass is 16.6. The van der Waals surface area contributed by atoms with Crippen molar-refractivity contribution >= 4 is 22.7 Å². The highest BCUT2D eigenvalue weighted by Crippen LogP contribution is 2.40. The number of H-pyrrole nitrogens is 1. The lowest BCUT2D eigenvalue weighted by molar-refractivity contribution is -0.135. The van der Waals surface area contributed by atoms with Crippen LogP contribution in [-0.2, 0) is 11.2 Å². The van der Waals surface area contributed by atoms with Gasteiger partial charge in [-0.2, -0.15) is 4.98 Å². The van der Waals surface area contributed by atoms with E-state index in [0.29, 0.717) is 30.7 Å². The molecule has 3 aliphatic rings. The molecule has 9 heteroatoms. The molecule has 1 N–H and O–H groups in total. The van der Waals surface area contributed by atoms with Crippen LogP contribution in [0.15, 0.2) is 25.2 Å². The lowest BCUT2D eigenvalue weighted by Gasteiger charge is -2.35. The summed E-state index contributed by atoms with van der Waals surface area (Å²) in [6.07, 6.45) is 8.88. The molecule has 2 aliphatic heterocycles. The number of oxime groups is 1. The molecule has 1 saturated carbocycles. The standard InChI is InChI=1S/C23H28N4O5/c1-2-3-4-5-14-10-18(28)31-21-19(14)20(29)24-23(25-21)32-26-15-11-16-8-9-17(12-15)27(16)22(30)13-6-7-13/h10,13,16-17H,2-9,11-12H2,1H3,(H,24,25,29). The zero-order valence-electron chi connectivity index (χ0n) is 18.3. The Bertz CT molecular complexity index is 1160. The summed E-state index contributed by atoms with van der Waals surface area (Å²) in [6, 6.07) is 1.61. The summed E-state index contributed by atoms with van der Waals surface area (Å²) in [7, 11) is 0. The molecule has 0 radical (unpaired) electrons. The number of aryl methyl sites for hydroxylation is 1. The average molecular weight is 441 g/mol. The maximum atomic E-state index is 12.7. The van der Waals surface area contributed by atoms with Gasteiger partial charge in [0.15, 0.2) is 0 Å². The van der Waals surface area contributed by atoms with Crippen molar-refractivity contribution in [2.75, 3.05) is 0 Å². The van der Waals surface area contributed by atoms with E-state index in [4.69, 9.17) is 9.25 Å². The van der Waals surface area contributed by atoms with Crippen LogP contribution in [0.1, 0.15) is 70.3 Å². The van der Waals surface area contributed by atoms with Gasteiger partial charge in [-0.05, 0) is 44.1 Å². The Hall–Kier alpha value is -2.97. The molecule has 2 aromatic heterocycles. The molecule has 9 nitrogen and oxygen atoms in total. The number of unbranched alkanes of at least 4 members (excludes halogenated alkanes) is 2. The molecule has 2 unspecified atom stereocenters. The lowest BCUT2D eigenvalue weighted by atomic mass is 10.00. The van der Waals surface area contributed by atoms with Gasteiger partial charge in [-0.1, -0.05) is 24.9 Å². The molecule has 0 aromatic carbocycles. The van der Waals surface area contributed by atoms with E-state index in [1.54, 1.807) is 0 Å². The topological polar surface area (TPSA) is 118 Å². The number of amides is 1. The summed E-state index contributed by atoms with van der Waals surface area (Å²) in [5, 5.41) is 4.51. The van der Waals surface area contributed by atoms with Crippen LogP contribution in [-0.4, -0.2) is 38.6 Å². The van der Waals surface area contributed by atoms with Gasteiger partial charge < -0.3 is 14.2 Å². The average Bonchev–Trinajstić information content (AvgIpc) is 3.57. The van der Waals surface area contributed by atoms with Crippen molar-refractivity contribution in [2.45, 2.75) is 83.2 Å². The Morgan fingerprint density at radius 2 is 1.97 bits per heavy atom. The second-order valence-electron chi connectivity index (χ2n) is 9.16. The molecular weight excluding hydrogens is 412 g/mol. The number of piperidine rings is 1. The van der Waals surface area contributed by atoms with E-state index in [1.165, 1.54) is 6.07 Å². The number of nitrogens with one attached hydrogen (secondary N) is 1. The molecule has 2 atom stereocenters. The van der Waals surface area contributed by atoms with Crippen LogP contribution in [0.3, 0.4) is 0 Å². The fourth-order valence-electron chi connectivity index (χ4n) is 5.01. The van der Waals surface area contributed by atoms with Crippen molar-refractivity contribution in [1.82, 2.24) is 14.9 Å². The van der Waals surface area contributed by atoms with Crippen molar-refractivity contribution in [2.24, 2.45) is 11.1 Å². The van der Waals surface area contributed by atoms with Crippen molar-refractivity contribution in [3.63, 3.8) is 0 Å². The molecule has 2 saturated heterocycles. The summed E-state index contributed by atoms with van der Waals surface area (Å²) in [6.45, 7) is 2.09. The number of aromatic nitrogens is 2. The van der Waals surface area contributed by atoms with Crippen LogP contribution in [0.25, 0.3) is 11.1 Å². The molecule has 170 valence electrons. The van der Waals surface area contributed by atoms with E-state index in [-0.39, 0.29) is 35.1 Å². The summed E-state index contributed by atoms with van der Waals surface area (Å²) in [4.78, 5) is 51.5. The Balaban J connectivity index is 1.34. The van der Waals surface area contributed by atoms with E-state index in [9.17, 15) is 14.4 Å². The Kier molecular flexibility index (Phi) is 5.57. The number of carbonyl (C=O) groups is 1. The van der Waals surface area contributed by atoms with Gasteiger partial charge in [0.05, 0.1) is 5.71 Å². The van der Waals surface area contributed by atoms with Gasteiger partial charge in [0.2, 0.25) is 11.6 Å². The zero-order chi connectivity index (χ0) is 22.2. The van der Waals surface area contributed by atoms with Crippen molar-refractivity contribution in [3.8, 4) is 6.01 Å². The summed E-state index contributed by atoms with van der Waals surface area (Å²) in [5.74, 6) is 0.518. The van der Waals surface area contributed by atoms with Crippen LogP contribution in [0.5, 0.6) is 6.01 Å². The normalized spacial score (nSPS) is 22.4. The number of hydrogen-bond acceptors (Lipinski definition) is 7. The van der Waals surface area contributed by atoms with Gasteiger partial charge in [-0.15, -0.1) is 0 Å². The van der Waals surface area contributed by atoms with Crippen molar-refractivity contribution in [1.29, 1.82) is 0 Å².